The molecule has 0 radical (unpaired) electrons. The summed E-state index contributed by atoms with van der Waals surface area (Å²) in [5.74, 6) is 0.208. The van der Waals surface area contributed by atoms with Crippen molar-refractivity contribution in [1.29, 1.82) is 0 Å². The Morgan fingerprint density at radius 2 is 2.21 bits per heavy atom. The minimum Gasteiger partial charge on any atom is -0.480 e. The van der Waals surface area contributed by atoms with E-state index in [1.54, 1.807) is 31.2 Å². The van der Waals surface area contributed by atoms with Crippen LogP contribution >= 0.6 is 11.6 Å². The molecule has 1 aromatic carbocycles. The molecule has 1 heterocycles. The van der Waals surface area contributed by atoms with Gasteiger partial charge in [-0.15, -0.1) is 0 Å². The fourth-order valence-corrected chi connectivity index (χ4v) is 1.75. The number of hydrogen-bond donors (Lipinski definition) is 0. The topological polar surface area (TPSA) is 78.2 Å². The Bertz CT molecular complexity index is 619. The van der Waals surface area contributed by atoms with Crippen molar-refractivity contribution in [3.8, 4) is 5.75 Å². The lowest BCUT2D eigenvalue weighted by Gasteiger charge is -2.07. The average Bonchev–Trinajstić information content (AvgIpc) is 2.36. The fraction of sp³-hybridized carbons (Fsp3) is 0.167. The summed E-state index contributed by atoms with van der Waals surface area (Å²) < 4.78 is 5.43. The van der Waals surface area contributed by atoms with Crippen LogP contribution in [-0.2, 0) is 6.61 Å². The van der Waals surface area contributed by atoms with Crippen molar-refractivity contribution in [2.24, 2.45) is 0 Å². The molecule has 0 bridgehead atoms. The van der Waals surface area contributed by atoms with Crippen molar-refractivity contribution < 1.29 is 9.66 Å². The average molecular weight is 280 g/mol. The molecule has 0 saturated carbocycles. The van der Waals surface area contributed by atoms with Crippen LogP contribution in [0.5, 0.6) is 5.75 Å². The third-order valence-corrected chi connectivity index (χ3v) is 2.62. The lowest BCUT2D eigenvalue weighted by Crippen LogP contribution is -2.02. The molecule has 98 valence electrons. The first-order chi connectivity index (χ1) is 9.08. The van der Waals surface area contributed by atoms with E-state index in [4.69, 9.17) is 16.3 Å². The summed E-state index contributed by atoms with van der Waals surface area (Å²) in [4.78, 5) is 18.2. The van der Waals surface area contributed by atoms with Gasteiger partial charge in [-0.3, -0.25) is 10.1 Å². The van der Waals surface area contributed by atoms with Gasteiger partial charge in [0.15, 0.2) is 5.75 Å². The Morgan fingerprint density at radius 1 is 1.42 bits per heavy atom. The zero-order valence-electron chi connectivity index (χ0n) is 10.0. The number of aromatic nitrogens is 2. The minimum atomic E-state index is -0.461. The van der Waals surface area contributed by atoms with Crippen molar-refractivity contribution in [1.82, 2.24) is 9.97 Å². The van der Waals surface area contributed by atoms with Crippen molar-refractivity contribution in [2.45, 2.75) is 13.5 Å². The molecule has 7 heteroatoms. The molecule has 0 fully saturated rings. The normalized spacial score (nSPS) is 10.2. The SMILES string of the molecule is Cc1cccc(OCc2ccnc(Cl)n2)c1[N+](=O)[O-]. The van der Waals surface area contributed by atoms with Gasteiger partial charge in [0, 0.05) is 11.8 Å². The van der Waals surface area contributed by atoms with Gasteiger partial charge in [-0.1, -0.05) is 12.1 Å². The molecular formula is C12H10ClN3O3. The maximum Gasteiger partial charge on any atom is 0.313 e. The van der Waals surface area contributed by atoms with E-state index in [0.29, 0.717) is 11.3 Å². The molecule has 0 unspecified atom stereocenters. The second kappa shape index (κ2) is 5.62. The summed E-state index contributed by atoms with van der Waals surface area (Å²) >= 11 is 5.65. The van der Waals surface area contributed by atoms with Gasteiger partial charge in [-0.05, 0) is 30.7 Å². The standard InChI is InChI=1S/C12H10ClN3O3/c1-8-3-2-4-10(11(8)16(17)18)19-7-9-5-6-14-12(13)15-9/h2-6H,7H2,1H3. The van der Waals surface area contributed by atoms with E-state index in [2.05, 4.69) is 9.97 Å². The van der Waals surface area contributed by atoms with Crippen LogP contribution in [0.1, 0.15) is 11.3 Å². The van der Waals surface area contributed by atoms with E-state index in [1.807, 2.05) is 0 Å². The smallest absolute Gasteiger partial charge is 0.313 e. The lowest BCUT2D eigenvalue weighted by molar-refractivity contribution is -0.386. The molecule has 0 spiro atoms. The van der Waals surface area contributed by atoms with Crippen molar-refractivity contribution in [3.05, 3.63) is 57.1 Å². The highest BCUT2D eigenvalue weighted by Crippen LogP contribution is 2.30. The summed E-state index contributed by atoms with van der Waals surface area (Å²) in [5.41, 5.74) is 1.06. The number of nitrogens with zero attached hydrogens (tertiary/aromatic N) is 3. The molecule has 0 atom stereocenters. The van der Waals surface area contributed by atoms with Gasteiger partial charge in [0.25, 0.3) is 0 Å². The largest absolute Gasteiger partial charge is 0.480 e. The molecule has 6 nitrogen and oxygen atoms in total. The maximum atomic E-state index is 11.0. The predicted molar refractivity (Wildman–Crippen MR) is 69.2 cm³/mol. The van der Waals surface area contributed by atoms with E-state index in [0.717, 1.165) is 0 Å². The highest BCUT2D eigenvalue weighted by Gasteiger charge is 2.18. The first-order valence-electron chi connectivity index (χ1n) is 5.42. The molecular weight excluding hydrogens is 270 g/mol. The van der Waals surface area contributed by atoms with Crippen molar-refractivity contribution in [2.75, 3.05) is 0 Å². The van der Waals surface area contributed by atoms with Gasteiger partial charge in [0.1, 0.15) is 6.61 Å². The molecule has 0 N–H and O–H groups in total. The number of para-hydroxylation sites is 1. The number of ether oxygens (including phenoxy) is 1. The van der Waals surface area contributed by atoms with Crippen LogP contribution in [0.25, 0.3) is 0 Å². The summed E-state index contributed by atoms with van der Waals surface area (Å²) in [6.07, 6.45) is 1.50. The van der Waals surface area contributed by atoms with Crippen LogP contribution < -0.4 is 4.74 Å². The number of hydrogen-bond acceptors (Lipinski definition) is 5. The zero-order valence-corrected chi connectivity index (χ0v) is 10.8. The number of aryl methyl sites for hydroxylation is 1. The van der Waals surface area contributed by atoms with Crippen LogP contribution in [0, 0.1) is 17.0 Å². The molecule has 19 heavy (non-hydrogen) atoms. The highest BCUT2D eigenvalue weighted by atomic mass is 35.5. The molecule has 1 aromatic heterocycles. The predicted octanol–water partition coefficient (Wildman–Crippen LogP) is 2.93. The molecule has 0 aliphatic carbocycles. The maximum absolute atomic E-state index is 11.0. The van der Waals surface area contributed by atoms with E-state index in [9.17, 15) is 10.1 Å². The Kier molecular flexibility index (Phi) is 3.91. The van der Waals surface area contributed by atoms with Crippen LogP contribution in [0.2, 0.25) is 5.28 Å². The second-order valence-corrected chi connectivity index (χ2v) is 4.12. The molecule has 0 aliphatic heterocycles. The zero-order chi connectivity index (χ0) is 13.8. The Hall–Kier alpha value is -2.21. The van der Waals surface area contributed by atoms with Crippen LogP contribution in [0.3, 0.4) is 0 Å². The Balaban J connectivity index is 2.20. The minimum absolute atomic E-state index is 0.0392. The van der Waals surface area contributed by atoms with Crippen LogP contribution in [0.15, 0.2) is 30.5 Å². The second-order valence-electron chi connectivity index (χ2n) is 3.78. The third kappa shape index (κ3) is 3.17. The van der Waals surface area contributed by atoms with Gasteiger partial charge < -0.3 is 4.74 Å². The molecule has 0 aliphatic rings. The van der Waals surface area contributed by atoms with Gasteiger partial charge in [0.2, 0.25) is 5.28 Å². The summed E-state index contributed by atoms with van der Waals surface area (Å²) in [5, 5.41) is 11.1. The van der Waals surface area contributed by atoms with E-state index < -0.39 is 4.92 Å². The number of rotatable bonds is 4. The molecule has 0 amide bonds. The first-order valence-corrected chi connectivity index (χ1v) is 5.80. The number of halogens is 1. The number of nitro groups is 1. The summed E-state index contributed by atoms with van der Waals surface area (Å²) in [7, 11) is 0. The quantitative estimate of drug-likeness (QED) is 0.488. The van der Waals surface area contributed by atoms with Crippen molar-refractivity contribution >= 4 is 17.3 Å². The van der Waals surface area contributed by atoms with E-state index in [1.165, 1.54) is 6.20 Å². The first kappa shape index (κ1) is 13.2. The van der Waals surface area contributed by atoms with Crippen LogP contribution in [-0.4, -0.2) is 14.9 Å². The Morgan fingerprint density at radius 3 is 2.89 bits per heavy atom. The van der Waals surface area contributed by atoms with Gasteiger partial charge >= 0.3 is 5.69 Å². The third-order valence-electron chi connectivity index (χ3n) is 2.44. The van der Waals surface area contributed by atoms with E-state index in [-0.39, 0.29) is 23.3 Å². The van der Waals surface area contributed by atoms with Crippen molar-refractivity contribution in [3.63, 3.8) is 0 Å². The Labute approximate surface area is 114 Å². The molecule has 2 aromatic rings. The van der Waals surface area contributed by atoms with Gasteiger partial charge in [0.05, 0.1) is 10.6 Å². The van der Waals surface area contributed by atoms with E-state index >= 15 is 0 Å². The van der Waals surface area contributed by atoms with Crippen LogP contribution in [0.4, 0.5) is 5.69 Å². The summed E-state index contributed by atoms with van der Waals surface area (Å²) in [6, 6.07) is 6.54. The summed E-state index contributed by atoms with van der Waals surface area (Å²) in [6.45, 7) is 1.75. The number of nitro benzene ring substituents is 1. The van der Waals surface area contributed by atoms with Gasteiger partial charge in [-0.2, -0.15) is 0 Å². The molecule has 2 rings (SSSR count). The lowest BCUT2D eigenvalue weighted by atomic mass is 10.2. The highest BCUT2D eigenvalue weighted by molar-refractivity contribution is 6.28. The number of benzene rings is 1. The monoisotopic (exact) mass is 279 g/mol. The molecule has 0 saturated heterocycles. The van der Waals surface area contributed by atoms with Gasteiger partial charge in [-0.25, -0.2) is 9.97 Å². The fourth-order valence-electron chi connectivity index (χ4n) is 1.58.